The Kier molecular flexibility index (Phi) is 27.5. The summed E-state index contributed by atoms with van der Waals surface area (Å²) < 4.78 is 83.7. The highest BCUT2D eigenvalue weighted by atomic mass is 35.5. The van der Waals surface area contributed by atoms with E-state index in [1.807, 2.05) is 185 Å². The quantitative estimate of drug-likeness (QED) is 0.0565. The van der Waals surface area contributed by atoms with Crippen LogP contribution < -0.4 is 5.73 Å². The molecule has 111 heavy (non-hydrogen) atoms. The molecule has 8 aromatic heterocycles. The Bertz CT molecular complexity index is 5630. The van der Waals surface area contributed by atoms with Crippen molar-refractivity contribution in [3.63, 3.8) is 0 Å². The molecule has 0 amide bonds. The first-order valence-electron chi connectivity index (χ1n) is 32.9. The second kappa shape index (κ2) is 38.2. The molecule has 0 unspecified atom stereocenters. The fraction of sp³-hybridized carbons (Fsp3) is 0.0649. The van der Waals surface area contributed by atoms with Crippen LogP contribution in [0.4, 0.5) is 31.5 Å². The topological polar surface area (TPSA) is 264 Å². The molecule has 19 nitrogen and oxygen atoms in total. The average Bonchev–Trinajstić information content (AvgIpc) is 1.40. The lowest BCUT2D eigenvalue weighted by molar-refractivity contribution is 0.510. The molecule has 0 fully saturated rings. The Labute approximate surface area is 668 Å². The molecule has 16 aromatic rings. The van der Waals surface area contributed by atoms with Crippen molar-refractivity contribution < 1.29 is 26.3 Å². The van der Waals surface area contributed by atoms with E-state index in [0.29, 0.717) is 93.9 Å². The fourth-order valence-electron chi connectivity index (χ4n) is 9.55. The number of H-pyrrole nitrogens is 2. The number of aromatic amines is 2. The second-order valence-electron chi connectivity index (χ2n) is 22.4. The lowest BCUT2D eigenvalue weighted by Gasteiger charge is -2.06. The van der Waals surface area contributed by atoms with E-state index in [-0.39, 0.29) is 33.1 Å². The first-order valence-corrected chi connectivity index (χ1v) is 39.8. The summed E-state index contributed by atoms with van der Waals surface area (Å²) in [5.41, 5.74) is 14.9. The zero-order valence-corrected chi connectivity index (χ0v) is 65.6. The van der Waals surface area contributed by atoms with Crippen molar-refractivity contribution in [2.24, 2.45) is 0 Å². The predicted molar refractivity (Wildman–Crippen MR) is 435 cm³/mol. The molecule has 4 N–H and O–H groups in total. The summed E-state index contributed by atoms with van der Waals surface area (Å²) in [4.78, 5) is 44.8. The number of aryl methyl sites for hydroxylation is 2. The SMILES string of the molecule is CC.CSc1nnc(Sc2nc3cc(F)c(F)cc3nc2/C=C/c2ccccc2)s1.Cc1nc(Sc2nc3cc(Cl)c(Cl)cc3nc2/C=C/c2ccccc2)n[nH]1.Cc1nc(Sc2nc3cc(F)c(F)cc3nc2/C=C/c2ccccc2)n[nH]1.Nc1nnc(Sc2nc3cc(F)c(F)cc3nc2/C=C/c2ccccc2)s1. The third-order valence-corrected chi connectivity index (χ3v) is 21.8. The average molecular weight is 1660 g/mol. The largest absolute Gasteiger partial charge is 0.374 e. The van der Waals surface area contributed by atoms with Crippen molar-refractivity contribution in [2.75, 3.05) is 12.0 Å². The molecule has 0 saturated heterocycles. The summed E-state index contributed by atoms with van der Waals surface area (Å²) in [6.07, 6.45) is 16.8. The first-order chi connectivity index (χ1) is 53.9. The highest BCUT2D eigenvalue weighted by Gasteiger charge is 2.20. The van der Waals surface area contributed by atoms with Crippen LogP contribution in [0.3, 0.4) is 0 Å². The minimum atomic E-state index is -0.972. The Morgan fingerprint density at radius 3 is 0.892 bits per heavy atom. The van der Waals surface area contributed by atoms with Crippen LogP contribution in [0.15, 0.2) is 213 Å². The molecule has 556 valence electrons. The third kappa shape index (κ3) is 21.8. The molecule has 0 atom stereocenters. The highest BCUT2D eigenvalue weighted by molar-refractivity contribution is 8.03. The van der Waals surface area contributed by atoms with Crippen LogP contribution in [-0.4, -0.2) is 96.9 Å². The van der Waals surface area contributed by atoms with Gasteiger partial charge in [0.25, 0.3) is 0 Å². The minimum Gasteiger partial charge on any atom is -0.374 e. The second-order valence-corrected chi connectivity index (χ2v) is 30.6. The van der Waals surface area contributed by atoms with Crippen LogP contribution in [0.2, 0.25) is 10.0 Å². The maximum absolute atomic E-state index is 13.6. The van der Waals surface area contributed by atoms with Gasteiger partial charge >= 0.3 is 0 Å². The van der Waals surface area contributed by atoms with Gasteiger partial charge in [0.1, 0.15) is 31.8 Å². The number of halogens is 8. The lowest BCUT2D eigenvalue weighted by atomic mass is 10.2. The van der Waals surface area contributed by atoms with E-state index in [4.69, 9.17) is 38.9 Å². The standard InChI is InChI=1S/C19H13Cl2N5S.C19H13F2N5S.C19H12F2N4S3.C18H11F2N5S2.C2H6/c2*1-11-22-19(26-25-11)27-18-15(8-7-12-5-3-2-4-6-12)23-16-9-13(20)14(21)10-17(16)24-18;1-26-18-24-25-19(28-18)27-17-14(8-7-11-5-3-2-4-6-11)22-15-9-12(20)13(21)10-16(15)23-17;19-11-8-14-15(9-12(11)20)23-16(26-18-25-24-17(21)27-18)13(22-14)7-6-10-4-2-1-3-5-10;1-2/h2*2-10H,1H3,(H,22,25,26);2-10H,1H3;1-9H,(H2,21,24);1-2H3/b3*8-7+;7-6+;. The molecule has 8 aromatic carbocycles. The first kappa shape index (κ1) is 79.7. The zero-order valence-electron chi connectivity index (χ0n) is 58.4. The summed E-state index contributed by atoms with van der Waals surface area (Å²) in [7, 11) is 0. The number of hydrogen-bond donors (Lipinski definition) is 3. The molecule has 0 saturated carbocycles. The molecule has 0 aliphatic carbocycles. The number of nitrogens with one attached hydrogen (secondary N) is 2. The minimum absolute atomic E-state index is 0.255. The van der Waals surface area contributed by atoms with Crippen LogP contribution in [0.5, 0.6) is 0 Å². The van der Waals surface area contributed by atoms with Crippen LogP contribution in [-0.2, 0) is 0 Å². The number of nitrogens with zero attached hydrogens (tertiary/aromatic N) is 16. The van der Waals surface area contributed by atoms with Crippen LogP contribution in [0.1, 0.15) is 70.5 Å². The fourth-order valence-corrected chi connectivity index (χ4v) is 15.5. The number of aromatic nitrogens is 18. The number of nitrogen functional groups attached to an aromatic ring is 1. The van der Waals surface area contributed by atoms with Gasteiger partial charge in [-0.05, 0) is 126 Å². The Hall–Kier alpha value is -10.8. The summed E-state index contributed by atoms with van der Waals surface area (Å²) in [6, 6.07) is 48.7. The number of hydrogen-bond acceptors (Lipinski definition) is 24. The van der Waals surface area contributed by atoms with Gasteiger partial charge < -0.3 is 5.73 Å². The Morgan fingerprint density at radius 1 is 0.342 bits per heavy atom. The molecule has 16 rings (SSSR count). The highest BCUT2D eigenvalue weighted by Crippen LogP contribution is 2.38. The van der Waals surface area contributed by atoms with E-state index >= 15 is 0 Å². The third-order valence-electron chi connectivity index (χ3n) is 14.6. The summed E-state index contributed by atoms with van der Waals surface area (Å²) >= 11 is 21.5. The van der Waals surface area contributed by atoms with Gasteiger partial charge in [-0.25, -0.2) is 76.2 Å². The summed E-state index contributed by atoms with van der Waals surface area (Å²) in [5, 5.41) is 34.3. The molecule has 8 heterocycles. The Morgan fingerprint density at radius 2 is 0.613 bits per heavy atom. The molecule has 0 bridgehead atoms. The molecule has 0 aliphatic rings. The van der Waals surface area contributed by atoms with Crippen LogP contribution in [0, 0.1) is 48.8 Å². The molecule has 0 radical (unpaired) electrons. The maximum Gasteiger partial charge on any atom is 0.214 e. The van der Waals surface area contributed by atoms with Gasteiger partial charge in [-0.1, -0.05) is 217 Å². The van der Waals surface area contributed by atoms with Gasteiger partial charge in [0.05, 0.1) is 77.0 Å². The lowest BCUT2D eigenvalue weighted by Crippen LogP contribution is -1.96. The number of benzene rings is 8. The molecular formula is C77H55Cl2F6N19S7. The van der Waals surface area contributed by atoms with Gasteiger partial charge in [0, 0.05) is 36.4 Å². The van der Waals surface area contributed by atoms with Crippen molar-refractivity contribution in [1.82, 2.24) is 90.6 Å². The number of fused-ring (bicyclic) bond motifs is 4. The monoisotopic (exact) mass is 1650 g/mol. The number of thioether (sulfide) groups is 1. The van der Waals surface area contributed by atoms with E-state index in [0.717, 1.165) is 68.8 Å². The van der Waals surface area contributed by atoms with Crippen LogP contribution >= 0.6 is 105 Å². The maximum atomic E-state index is 13.6. The predicted octanol–water partition coefficient (Wildman–Crippen LogP) is 21.8. The zero-order chi connectivity index (χ0) is 77.9. The van der Waals surface area contributed by atoms with E-state index in [1.54, 1.807) is 31.2 Å². The van der Waals surface area contributed by atoms with Crippen molar-refractivity contribution in [3.8, 4) is 0 Å². The molecule has 0 spiro atoms. The number of anilines is 1. The van der Waals surface area contributed by atoms with Gasteiger partial charge in [-0.15, -0.1) is 30.6 Å². The van der Waals surface area contributed by atoms with Crippen molar-refractivity contribution >= 4 is 203 Å². The molecule has 0 aliphatic heterocycles. The van der Waals surface area contributed by atoms with Gasteiger partial charge in [-0.2, -0.15) is 0 Å². The van der Waals surface area contributed by atoms with Gasteiger partial charge in [0.15, 0.2) is 47.9 Å². The molecular weight excluding hydrogens is 1600 g/mol. The smallest absolute Gasteiger partial charge is 0.214 e. The molecule has 34 heteroatoms. The number of rotatable bonds is 17. The van der Waals surface area contributed by atoms with E-state index in [2.05, 4.69) is 80.7 Å². The summed E-state index contributed by atoms with van der Waals surface area (Å²) in [5.74, 6) is -4.36. The normalized spacial score (nSPS) is 11.4. The van der Waals surface area contributed by atoms with Gasteiger partial charge in [-0.3, -0.25) is 10.2 Å². The van der Waals surface area contributed by atoms with Crippen molar-refractivity contribution in [2.45, 2.75) is 71.1 Å². The van der Waals surface area contributed by atoms with E-state index in [1.165, 1.54) is 81.5 Å². The van der Waals surface area contributed by atoms with E-state index < -0.39 is 34.9 Å². The van der Waals surface area contributed by atoms with Crippen molar-refractivity contribution in [1.29, 1.82) is 0 Å². The Balaban J connectivity index is 0.000000136. The summed E-state index contributed by atoms with van der Waals surface area (Å²) in [6.45, 7) is 7.64. The van der Waals surface area contributed by atoms with Crippen LogP contribution in [0.25, 0.3) is 92.7 Å². The van der Waals surface area contributed by atoms with E-state index in [9.17, 15) is 26.3 Å². The van der Waals surface area contributed by atoms with Gasteiger partial charge in [0.2, 0.25) is 15.4 Å². The van der Waals surface area contributed by atoms with Crippen molar-refractivity contribution in [3.05, 3.63) is 271 Å². The number of nitrogens with two attached hydrogens (primary N) is 1.